The minimum atomic E-state index is -4.00. The van der Waals surface area contributed by atoms with E-state index in [0.717, 1.165) is 0 Å². The van der Waals surface area contributed by atoms with E-state index in [2.05, 4.69) is 5.32 Å². The van der Waals surface area contributed by atoms with Crippen LogP contribution in [-0.2, 0) is 14.9 Å². The van der Waals surface area contributed by atoms with Crippen LogP contribution in [0.2, 0.25) is 0 Å². The summed E-state index contributed by atoms with van der Waals surface area (Å²) in [7, 11) is -4.00. The van der Waals surface area contributed by atoms with Crippen molar-refractivity contribution in [1.82, 2.24) is 10.2 Å². The van der Waals surface area contributed by atoms with Gasteiger partial charge in [-0.2, -0.15) is 13.7 Å². The first-order chi connectivity index (χ1) is 12.5. The molecule has 1 aliphatic heterocycles. The van der Waals surface area contributed by atoms with Crippen molar-refractivity contribution in [3.8, 4) is 6.07 Å². The van der Waals surface area contributed by atoms with Gasteiger partial charge in [0.2, 0.25) is 5.91 Å². The molecule has 1 fully saturated rings. The van der Waals surface area contributed by atoms with E-state index in [4.69, 9.17) is 14.9 Å². The van der Waals surface area contributed by atoms with Crippen molar-refractivity contribution < 1.29 is 27.3 Å². The number of amides is 1. The highest BCUT2D eigenvalue weighted by atomic mass is 32.2. The number of aliphatic hydroxyl groups excluding tert-OH is 1. The molecular weight excluding hydrogens is 377 g/mol. The Bertz CT molecular complexity index is 765. The quantitative estimate of drug-likeness (QED) is 0.620. The fraction of sp³-hybridized carbons (Fsp3) is 0.529. The fourth-order valence-electron chi connectivity index (χ4n) is 2.25. The fourth-order valence-corrected chi connectivity index (χ4v) is 2.75. The standard InChI is InChI=1S/C11H18FN3O2.C6H6O3S/c1-11(2,7-16)14-5-10(17)15-6-8(12)3-9(15)4-13;7-10(8,9)6-4-2-1-3-5-6/h8-9,14,16H,3,5-7H2,1-2H3;1-5H,(H,7,8,9). The number of carbonyl (C=O) groups excluding carboxylic acids is 1. The van der Waals surface area contributed by atoms with Crippen LogP contribution in [0.25, 0.3) is 0 Å². The summed E-state index contributed by atoms with van der Waals surface area (Å²) in [5, 5.41) is 20.7. The molecule has 3 N–H and O–H groups in total. The number of hydrogen-bond acceptors (Lipinski definition) is 6. The monoisotopic (exact) mass is 401 g/mol. The average molecular weight is 401 g/mol. The van der Waals surface area contributed by atoms with E-state index in [1.54, 1.807) is 32.0 Å². The number of carbonyl (C=O) groups is 1. The van der Waals surface area contributed by atoms with Gasteiger partial charge in [0.25, 0.3) is 10.1 Å². The van der Waals surface area contributed by atoms with Crippen LogP contribution < -0.4 is 5.32 Å². The second-order valence-electron chi connectivity index (χ2n) is 6.71. The third kappa shape index (κ3) is 7.60. The second kappa shape index (κ2) is 9.75. The predicted octanol–water partition coefficient (Wildman–Crippen LogP) is 0.743. The number of nitriles is 1. The summed E-state index contributed by atoms with van der Waals surface area (Å²) in [5.41, 5.74) is -0.563. The Labute approximate surface area is 158 Å². The summed E-state index contributed by atoms with van der Waals surface area (Å²) in [6.07, 6.45) is -1.03. The Morgan fingerprint density at radius 2 is 2.00 bits per heavy atom. The van der Waals surface area contributed by atoms with E-state index in [-0.39, 0.29) is 36.9 Å². The van der Waals surface area contributed by atoms with Crippen LogP contribution in [0.5, 0.6) is 0 Å². The summed E-state index contributed by atoms with van der Waals surface area (Å²) in [6.45, 7) is 3.39. The van der Waals surface area contributed by atoms with E-state index in [1.807, 2.05) is 6.07 Å². The van der Waals surface area contributed by atoms with Crippen molar-refractivity contribution in [3.63, 3.8) is 0 Å². The second-order valence-corrected chi connectivity index (χ2v) is 8.13. The van der Waals surface area contributed by atoms with Gasteiger partial charge >= 0.3 is 0 Å². The normalized spacial score (nSPS) is 19.8. The summed E-state index contributed by atoms with van der Waals surface area (Å²) < 4.78 is 42.3. The lowest BCUT2D eigenvalue weighted by molar-refractivity contribution is -0.130. The van der Waals surface area contributed by atoms with Gasteiger partial charge in [-0.3, -0.25) is 9.35 Å². The van der Waals surface area contributed by atoms with Crippen molar-refractivity contribution in [2.45, 2.75) is 42.9 Å². The van der Waals surface area contributed by atoms with E-state index in [0.29, 0.717) is 0 Å². The first-order valence-corrected chi connectivity index (χ1v) is 9.66. The zero-order valence-electron chi connectivity index (χ0n) is 15.2. The number of aliphatic hydroxyl groups is 1. The number of likely N-dealkylation sites (tertiary alicyclic amines) is 1. The molecule has 0 aliphatic carbocycles. The highest BCUT2D eigenvalue weighted by Crippen LogP contribution is 2.19. The molecule has 1 aliphatic rings. The maximum Gasteiger partial charge on any atom is 0.294 e. The maximum atomic E-state index is 13.1. The molecule has 2 unspecified atom stereocenters. The van der Waals surface area contributed by atoms with E-state index >= 15 is 0 Å². The van der Waals surface area contributed by atoms with Gasteiger partial charge in [0.1, 0.15) is 12.2 Å². The van der Waals surface area contributed by atoms with Crippen LogP contribution in [-0.4, -0.2) is 66.3 Å². The number of nitrogens with zero attached hydrogens (tertiary/aromatic N) is 2. The van der Waals surface area contributed by atoms with Crippen LogP contribution in [0.1, 0.15) is 20.3 Å². The molecule has 0 aromatic heterocycles. The van der Waals surface area contributed by atoms with Gasteiger partial charge in [0.15, 0.2) is 0 Å². The highest BCUT2D eigenvalue weighted by Gasteiger charge is 2.35. The van der Waals surface area contributed by atoms with Gasteiger partial charge in [-0.1, -0.05) is 18.2 Å². The first-order valence-electron chi connectivity index (χ1n) is 8.22. The van der Waals surface area contributed by atoms with Crippen molar-refractivity contribution >= 4 is 16.0 Å². The summed E-state index contributed by atoms with van der Waals surface area (Å²) >= 11 is 0. The van der Waals surface area contributed by atoms with Crippen molar-refractivity contribution in [2.75, 3.05) is 19.7 Å². The van der Waals surface area contributed by atoms with Crippen LogP contribution in [0.15, 0.2) is 35.2 Å². The summed E-state index contributed by atoms with van der Waals surface area (Å²) in [6, 6.07) is 8.68. The largest absolute Gasteiger partial charge is 0.394 e. The van der Waals surface area contributed by atoms with Crippen LogP contribution in [0.4, 0.5) is 4.39 Å². The average Bonchev–Trinajstić information content (AvgIpc) is 3.01. The third-order valence-electron chi connectivity index (χ3n) is 3.87. The summed E-state index contributed by atoms with van der Waals surface area (Å²) in [5.74, 6) is -0.307. The van der Waals surface area contributed by atoms with Crippen LogP contribution in [0, 0.1) is 11.3 Å². The van der Waals surface area contributed by atoms with Gasteiger partial charge in [-0.05, 0) is 26.0 Å². The van der Waals surface area contributed by atoms with Gasteiger partial charge in [-0.25, -0.2) is 4.39 Å². The molecule has 2 rings (SSSR count). The lowest BCUT2D eigenvalue weighted by Gasteiger charge is -2.26. The molecule has 0 spiro atoms. The number of halogens is 1. The Morgan fingerprint density at radius 1 is 1.41 bits per heavy atom. The van der Waals surface area contributed by atoms with E-state index in [1.165, 1.54) is 17.0 Å². The SMILES string of the molecule is CC(C)(CO)NCC(=O)N1CC(F)CC1C#N.O=S(=O)(O)c1ccccc1. The highest BCUT2D eigenvalue weighted by molar-refractivity contribution is 7.85. The summed E-state index contributed by atoms with van der Waals surface area (Å²) in [4.78, 5) is 13.0. The molecule has 0 saturated carbocycles. The number of rotatable bonds is 5. The van der Waals surface area contributed by atoms with E-state index in [9.17, 15) is 17.6 Å². The maximum absolute atomic E-state index is 13.1. The third-order valence-corrected chi connectivity index (χ3v) is 4.74. The van der Waals surface area contributed by atoms with Gasteiger partial charge in [0, 0.05) is 12.0 Å². The van der Waals surface area contributed by atoms with E-state index < -0.39 is 27.9 Å². The molecular formula is C17H24FN3O5S. The molecule has 1 aromatic rings. The van der Waals surface area contributed by atoms with Gasteiger partial charge in [-0.15, -0.1) is 0 Å². The molecule has 27 heavy (non-hydrogen) atoms. The van der Waals surface area contributed by atoms with Gasteiger partial charge < -0.3 is 15.3 Å². The predicted molar refractivity (Wildman–Crippen MR) is 96.1 cm³/mol. The number of nitrogens with one attached hydrogen (secondary N) is 1. The Balaban J connectivity index is 0.000000309. The zero-order valence-corrected chi connectivity index (χ0v) is 16.0. The molecule has 8 nitrogen and oxygen atoms in total. The molecule has 10 heteroatoms. The molecule has 1 saturated heterocycles. The lowest BCUT2D eigenvalue weighted by Crippen LogP contribution is -2.49. The number of hydrogen-bond donors (Lipinski definition) is 3. The minimum absolute atomic E-state index is 0.00153. The smallest absolute Gasteiger partial charge is 0.294 e. The first kappa shape index (κ1) is 23.0. The van der Waals surface area contributed by atoms with Crippen LogP contribution in [0.3, 0.4) is 0 Å². The molecule has 150 valence electrons. The lowest BCUT2D eigenvalue weighted by atomic mass is 10.1. The molecule has 0 radical (unpaired) electrons. The Morgan fingerprint density at radius 3 is 2.44 bits per heavy atom. The molecule has 1 aromatic carbocycles. The van der Waals surface area contributed by atoms with Gasteiger partial charge in [0.05, 0.1) is 30.7 Å². The number of alkyl halides is 1. The topological polar surface area (TPSA) is 131 Å². The van der Waals surface area contributed by atoms with Crippen LogP contribution >= 0.6 is 0 Å². The molecule has 1 amide bonds. The molecule has 1 heterocycles. The number of benzene rings is 1. The zero-order chi connectivity index (χ0) is 20.7. The minimum Gasteiger partial charge on any atom is -0.394 e. The van der Waals surface area contributed by atoms with Crippen molar-refractivity contribution in [2.24, 2.45) is 0 Å². The molecule has 0 bridgehead atoms. The van der Waals surface area contributed by atoms with Crippen molar-refractivity contribution in [1.29, 1.82) is 5.26 Å². The molecule has 2 atom stereocenters. The van der Waals surface area contributed by atoms with Crippen molar-refractivity contribution in [3.05, 3.63) is 30.3 Å². The Hall–Kier alpha value is -2.06. The Kier molecular flexibility index (Phi) is 8.30.